The molecule has 23 heavy (non-hydrogen) atoms. The Morgan fingerprint density at radius 3 is 2.35 bits per heavy atom. The van der Waals surface area contributed by atoms with Crippen LogP contribution in [-0.2, 0) is 9.59 Å². The number of hydrogen-bond donors (Lipinski definition) is 1. The average Bonchev–Trinajstić information content (AvgIpc) is 2.86. The molecular weight excluding hydrogens is 290 g/mol. The van der Waals surface area contributed by atoms with E-state index in [4.69, 9.17) is 0 Å². The van der Waals surface area contributed by atoms with E-state index < -0.39 is 17.4 Å². The number of benzene rings is 1. The lowest BCUT2D eigenvalue weighted by molar-refractivity contribution is -0.150. The highest BCUT2D eigenvalue weighted by molar-refractivity contribution is 6.04. The zero-order valence-corrected chi connectivity index (χ0v) is 14.0. The van der Waals surface area contributed by atoms with Gasteiger partial charge in [0.15, 0.2) is 0 Å². The molecule has 1 aromatic rings. The van der Waals surface area contributed by atoms with Crippen molar-refractivity contribution in [2.45, 2.75) is 39.8 Å². The maximum Gasteiger partial charge on any atom is 0.240 e. The van der Waals surface area contributed by atoms with Gasteiger partial charge in [0, 0.05) is 5.41 Å². The van der Waals surface area contributed by atoms with Crippen molar-refractivity contribution < 1.29 is 14.7 Å². The van der Waals surface area contributed by atoms with Gasteiger partial charge in [-0.05, 0) is 12.5 Å². The van der Waals surface area contributed by atoms with Gasteiger partial charge in [0.1, 0.15) is 0 Å². The van der Waals surface area contributed by atoms with Gasteiger partial charge in [-0.25, -0.2) is 0 Å². The number of carbonyl (C=O) groups is 2. The Hall–Kier alpha value is -1.94. The van der Waals surface area contributed by atoms with Crippen LogP contribution in [0.3, 0.4) is 0 Å². The predicted molar refractivity (Wildman–Crippen MR) is 87.2 cm³/mol. The number of hydrogen-bond acceptors (Lipinski definition) is 3. The van der Waals surface area contributed by atoms with Crippen molar-refractivity contribution in [1.82, 2.24) is 4.90 Å². The first-order valence-electron chi connectivity index (χ1n) is 8.01. The molecule has 0 saturated carbocycles. The molecule has 2 amide bonds. The fourth-order valence-electron chi connectivity index (χ4n) is 3.71. The lowest BCUT2D eigenvalue weighted by Gasteiger charge is -2.30. The Balaban J connectivity index is 1.87. The predicted octanol–water partition coefficient (Wildman–Crippen LogP) is 2.70. The molecule has 4 atom stereocenters. The third kappa shape index (κ3) is 2.01. The van der Waals surface area contributed by atoms with Crippen molar-refractivity contribution in [2.75, 3.05) is 0 Å². The van der Waals surface area contributed by atoms with E-state index in [1.54, 1.807) is 19.1 Å². The van der Waals surface area contributed by atoms with Crippen LogP contribution in [-0.4, -0.2) is 27.9 Å². The summed E-state index contributed by atoms with van der Waals surface area (Å²) in [6, 6.07) is 8.85. The van der Waals surface area contributed by atoms with Crippen molar-refractivity contribution in [3.05, 3.63) is 48.0 Å². The summed E-state index contributed by atoms with van der Waals surface area (Å²) >= 11 is 0. The maximum atomic E-state index is 12.9. The van der Waals surface area contributed by atoms with Crippen LogP contribution in [0.25, 0.3) is 0 Å². The molecule has 0 unspecified atom stereocenters. The topological polar surface area (TPSA) is 57.6 Å². The van der Waals surface area contributed by atoms with Gasteiger partial charge in [-0.1, -0.05) is 63.3 Å². The van der Waals surface area contributed by atoms with Crippen LogP contribution < -0.4 is 0 Å². The third-order valence-electron chi connectivity index (χ3n) is 5.87. The molecule has 2 aliphatic rings. The van der Waals surface area contributed by atoms with Gasteiger partial charge >= 0.3 is 0 Å². The Bertz CT molecular complexity index is 679. The molecule has 2 bridgehead atoms. The van der Waals surface area contributed by atoms with Gasteiger partial charge in [-0.3, -0.25) is 14.5 Å². The molecule has 0 spiro atoms. The van der Waals surface area contributed by atoms with Crippen LogP contribution in [0.5, 0.6) is 0 Å². The molecule has 4 nitrogen and oxygen atoms in total. The van der Waals surface area contributed by atoms with Crippen molar-refractivity contribution in [2.24, 2.45) is 16.7 Å². The highest BCUT2D eigenvalue weighted by Gasteiger charge is 2.64. The number of nitrogens with zero attached hydrogens (tertiary/aromatic N) is 1. The minimum absolute atomic E-state index is 0.160. The monoisotopic (exact) mass is 313 g/mol. The molecule has 1 heterocycles. The van der Waals surface area contributed by atoms with Crippen molar-refractivity contribution in [3.63, 3.8) is 0 Å². The average molecular weight is 313 g/mol. The standard InChI is InChI=1S/C19H23NO3/c1-12(15(21)13-8-6-5-7-9-13)16(22)20-14-10-11-19(4,17(20)23)18(14,2)3/h5-12,14-15,21H,1-4H3/t12-,14-,15+,19-/m0/s1. The van der Waals surface area contributed by atoms with E-state index in [2.05, 4.69) is 0 Å². The summed E-state index contributed by atoms with van der Waals surface area (Å²) in [6.07, 6.45) is 2.94. The fraction of sp³-hybridized carbons (Fsp3) is 0.474. The normalized spacial score (nSPS) is 30.6. The highest BCUT2D eigenvalue weighted by atomic mass is 16.3. The molecule has 1 aromatic carbocycles. The lowest BCUT2D eigenvalue weighted by Crippen LogP contribution is -2.46. The Labute approximate surface area is 136 Å². The van der Waals surface area contributed by atoms with E-state index >= 15 is 0 Å². The summed E-state index contributed by atoms with van der Waals surface area (Å²) in [7, 11) is 0. The minimum atomic E-state index is -0.921. The Morgan fingerprint density at radius 1 is 1.22 bits per heavy atom. The largest absolute Gasteiger partial charge is 0.388 e. The molecule has 1 saturated heterocycles. The number of imide groups is 1. The number of carbonyl (C=O) groups excluding carboxylic acids is 2. The van der Waals surface area contributed by atoms with E-state index in [0.29, 0.717) is 5.56 Å². The summed E-state index contributed by atoms with van der Waals surface area (Å²) < 4.78 is 0. The van der Waals surface area contributed by atoms with Crippen molar-refractivity contribution in [3.8, 4) is 0 Å². The van der Waals surface area contributed by atoms with Gasteiger partial charge < -0.3 is 5.11 Å². The zero-order valence-electron chi connectivity index (χ0n) is 14.0. The number of amides is 2. The highest BCUT2D eigenvalue weighted by Crippen LogP contribution is 2.57. The smallest absolute Gasteiger partial charge is 0.240 e. The van der Waals surface area contributed by atoms with E-state index in [9.17, 15) is 14.7 Å². The van der Waals surface area contributed by atoms with Crippen LogP contribution >= 0.6 is 0 Å². The van der Waals surface area contributed by atoms with Gasteiger partial charge in [0.05, 0.1) is 23.5 Å². The molecule has 1 fully saturated rings. The summed E-state index contributed by atoms with van der Waals surface area (Å²) in [5.74, 6) is -1.14. The number of aliphatic hydroxyl groups excluding tert-OH is 1. The molecule has 0 aromatic heterocycles. The number of aliphatic hydroxyl groups is 1. The molecule has 1 aliphatic carbocycles. The third-order valence-corrected chi connectivity index (χ3v) is 5.87. The van der Waals surface area contributed by atoms with Gasteiger partial charge in [0.2, 0.25) is 11.8 Å². The summed E-state index contributed by atoms with van der Waals surface area (Å²) in [5.41, 5.74) is -0.284. The molecule has 0 radical (unpaired) electrons. The molecule has 1 N–H and O–H groups in total. The van der Waals surface area contributed by atoms with E-state index in [-0.39, 0.29) is 23.3 Å². The first-order chi connectivity index (χ1) is 10.7. The van der Waals surface area contributed by atoms with Gasteiger partial charge in [0.25, 0.3) is 0 Å². The van der Waals surface area contributed by atoms with Crippen LogP contribution in [0.2, 0.25) is 0 Å². The Morgan fingerprint density at radius 2 is 1.83 bits per heavy atom. The summed E-state index contributed by atoms with van der Waals surface area (Å²) in [4.78, 5) is 27.0. The van der Waals surface area contributed by atoms with E-state index in [1.165, 1.54) is 4.90 Å². The van der Waals surface area contributed by atoms with E-state index in [0.717, 1.165) is 0 Å². The number of rotatable bonds is 3. The van der Waals surface area contributed by atoms with Gasteiger partial charge in [-0.2, -0.15) is 0 Å². The second-order valence-electron chi connectivity index (χ2n) is 7.39. The SMILES string of the molecule is C[C@H](C(=O)N1C(=O)[C@]2(C)C=C[C@H]1C2(C)C)[C@@H](O)c1ccccc1. The quantitative estimate of drug-likeness (QED) is 0.873. The minimum Gasteiger partial charge on any atom is -0.388 e. The van der Waals surface area contributed by atoms with Crippen LogP contribution in [0.1, 0.15) is 39.4 Å². The maximum absolute atomic E-state index is 12.9. The van der Waals surface area contributed by atoms with Crippen LogP contribution in [0, 0.1) is 16.7 Å². The molecule has 3 rings (SSSR count). The molecular formula is C19H23NO3. The van der Waals surface area contributed by atoms with Gasteiger partial charge in [-0.15, -0.1) is 0 Å². The second kappa shape index (κ2) is 5.03. The Kier molecular flexibility index (Phi) is 3.49. The zero-order chi connectivity index (χ0) is 17.0. The number of likely N-dealkylation sites (tertiary alicyclic amines) is 1. The van der Waals surface area contributed by atoms with Crippen molar-refractivity contribution in [1.29, 1.82) is 0 Å². The van der Waals surface area contributed by atoms with Crippen LogP contribution in [0.4, 0.5) is 0 Å². The molecule has 1 aliphatic heterocycles. The summed E-state index contributed by atoms with van der Waals surface area (Å²) in [6.45, 7) is 7.60. The van der Waals surface area contributed by atoms with Crippen LogP contribution in [0.15, 0.2) is 42.5 Å². The second-order valence-corrected chi connectivity index (χ2v) is 7.39. The molecule has 4 heteroatoms. The fourth-order valence-corrected chi connectivity index (χ4v) is 3.71. The van der Waals surface area contributed by atoms with E-state index in [1.807, 2.05) is 51.1 Å². The summed E-state index contributed by atoms with van der Waals surface area (Å²) in [5, 5.41) is 10.5. The van der Waals surface area contributed by atoms with Crippen molar-refractivity contribution >= 4 is 11.8 Å². The first-order valence-corrected chi connectivity index (χ1v) is 8.01. The molecule has 122 valence electrons. The lowest BCUT2D eigenvalue weighted by atomic mass is 9.70. The first kappa shape index (κ1) is 15.9. The number of fused-ring (bicyclic) bond motifs is 2.